The Kier molecular flexibility index (Phi) is 5.32. The lowest BCUT2D eigenvalue weighted by molar-refractivity contribution is 1.02. The molecule has 0 saturated heterocycles. The summed E-state index contributed by atoms with van der Waals surface area (Å²) in [6.07, 6.45) is 3.43. The zero-order valence-corrected chi connectivity index (χ0v) is 13.6. The van der Waals surface area contributed by atoms with Crippen molar-refractivity contribution in [3.8, 4) is 0 Å². The molecule has 1 aromatic heterocycles. The molecule has 0 atom stereocenters. The lowest BCUT2D eigenvalue weighted by Crippen LogP contribution is -2.20. The quantitative estimate of drug-likeness (QED) is 0.435. The molecule has 1 heterocycles. The first kappa shape index (κ1) is 15.9. The van der Waals surface area contributed by atoms with E-state index >= 15 is 0 Å². The minimum absolute atomic E-state index is 0.576. The number of aliphatic imine (C=N–C) groups is 1. The fourth-order valence-electron chi connectivity index (χ4n) is 1.99. The van der Waals surface area contributed by atoms with Gasteiger partial charge in [-0.1, -0.05) is 48.0 Å². The van der Waals surface area contributed by atoms with Crippen molar-refractivity contribution < 1.29 is 0 Å². The number of pyridine rings is 1. The number of hydrogen-bond acceptors (Lipinski definition) is 3. The molecule has 0 amide bonds. The molecule has 2 aromatic carbocycles. The Labute approximate surface area is 145 Å². The Morgan fingerprint density at radius 2 is 1.67 bits per heavy atom. The maximum Gasteiger partial charge on any atom is 0.172 e. The van der Waals surface area contributed by atoms with Crippen LogP contribution in [0.1, 0.15) is 11.3 Å². The van der Waals surface area contributed by atoms with Gasteiger partial charge >= 0.3 is 0 Å². The summed E-state index contributed by atoms with van der Waals surface area (Å²) in [6, 6.07) is 22.7. The van der Waals surface area contributed by atoms with Crippen molar-refractivity contribution in [2.24, 2.45) is 10.1 Å². The zero-order chi connectivity index (χ0) is 16.6. The number of nitrogens with one attached hydrogen (secondary N) is 1. The van der Waals surface area contributed by atoms with Crippen molar-refractivity contribution in [3.05, 3.63) is 95.3 Å². The molecule has 0 aliphatic heterocycles. The maximum absolute atomic E-state index is 5.88. The Hall–Kier alpha value is -2.98. The average Bonchev–Trinajstić information content (AvgIpc) is 2.64. The number of benzene rings is 2. The van der Waals surface area contributed by atoms with E-state index in [-0.39, 0.29) is 0 Å². The predicted molar refractivity (Wildman–Crippen MR) is 99.1 cm³/mol. The van der Waals surface area contributed by atoms with E-state index in [1.54, 1.807) is 12.4 Å². The standard InChI is InChI=1S/C19H15ClN4/c20-16-11-9-15(10-12-16)14-22-24-19(18-8-4-5-13-21-18)23-17-6-2-1-3-7-17/h1-14H,(H,23,24)/b22-14+. The second-order valence-corrected chi connectivity index (χ2v) is 5.37. The number of nitrogens with zero attached hydrogens (tertiary/aromatic N) is 3. The van der Waals surface area contributed by atoms with Crippen LogP contribution in [0.15, 0.2) is 89.1 Å². The van der Waals surface area contributed by atoms with Gasteiger partial charge in [-0.3, -0.25) is 10.4 Å². The lowest BCUT2D eigenvalue weighted by atomic mass is 10.2. The van der Waals surface area contributed by atoms with Crippen molar-refractivity contribution >= 4 is 29.3 Å². The van der Waals surface area contributed by atoms with Gasteiger partial charge in [0.25, 0.3) is 0 Å². The molecule has 0 aliphatic carbocycles. The SMILES string of the molecule is Clc1ccc(/C=N/NC(=Nc2ccccc2)c2ccccn2)cc1. The number of amidine groups is 1. The Morgan fingerprint density at radius 1 is 0.917 bits per heavy atom. The van der Waals surface area contributed by atoms with Gasteiger partial charge in [-0.25, -0.2) is 4.99 Å². The van der Waals surface area contributed by atoms with Crippen molar-refractivity contribution in [2.75, 3.05) is 0 Å². The number of para-hydroxylation sites is 1. The minimum Gasteiger partial charge on any atom is -0.260 e. The summed E-state index contributed by atoms with van der Waals surface area (Å²) in [6.45, 7) is 0. The number of halogens is 1. The van der Waals surface area contributed by atoms with Gasteiger partial charge in [-0.15, -0.1) is 0 Å². The first-order chi connectivity index (χ1) is 11.8. The molecule has 24 heavy (non-hydrogen) atoms. The molecule has 4 nitrogen and oxygen atoms in total. The molecule has 3 aromatic rings. The van der Waals surface area contributed by atoms with E-state index in [9.17, 15) is 0 Å². The molecule has 1 N–H and O–H groups in total. The second kappa shape index (κ2) is 8.04. The molecule has 5 heteroatoms. The summed E-state index contributed by atoms with van der Waals surface area (Å²) < 4.78 is 0. The van der Waals surface area contributed by atoms with E-state index < -0.39 is 0 Å². The van der Waals surface area contributed by atoms with Crippen LogP contribution in [0.25, 0.3) is 0 Å². The van der Waals surface area contributed by atoms with Gasteiger partial charge in [0.15, 0.2) is 5.84 Å². The zero-order valence-electron chi connectivity index (χ0n) is 12.8. The highest BCUT2D eigenvalue weighted by Crippen LogP contribution is 2.12. The third kappa shape index (κ3) is 4.51. The molecular weight excluding hydrogens is 320 g/mol. The van der Waals surface area contributed by atoms with Gasteiger partial charge in [-0.2, -0.15) is 5.10 Å². The van der Waals surface area contributed by atoms with E-state index in [0.717, 1.165) is 16.9 Å². The van der Waals surface area contributed by atoms with E-state index in [4.69, 9.17) is 11.6 Å². The molecule has 118 valence electrons. The van der Waals surface area contributed by atoms with Crippen LogP contribution in [-0.2, 0) is 0 Å². The summed E-state index contributed by atoms with van der Waals surface area (Å²) in [5, 5.41) is 4.95. The van der Waals surface area contributed by atoms with Crippen LogP contribution in [0.2, 0.25) is 5.02 Å². The third-order valence-corrected chi connectivity index (χ3v) is 3.41. The number of aromatic nitrogens is 1. The monoisotopic (exact) mass is 334 g/mol. The van der Waals surface area contributed by atoms with Gasteiger partial charge in [0.2, 0.25) is 0 Å². The molecule has 3 rings (SSSR count). The van der Waals surface area contributed by atoms with E-state index in [2.05, 4.69) is 20.5 Å². The topological polar surface area (TPSA) is 49.6 Å². The average molecular weight is 335 g/mol. The fourth-order valence-corrected chi connectivity index (χ4v) is 2.12. The number of hydrazone groups is 1. The molecule has 0 bridgehead atoms. The predicted octanol–water partition coefficient (Wildman–Crippen LogP) is 4.44. The smallest absolute Gasteiger partial charge is 0.172 e. The van der Waals surface area contributed by atoms with Crippen LogP contribution >= 0.6 is 11.6 Å². The summed E-state index contributed by atoms with van der Waals surface area (Å²) in [5.74, 6) is 0.576. The molecule has 0 fully saturated rings. The van der Waals surface area contributed by atoms with Crippen LogP contribution in [-0.4, -0.2) is 17.0 Å². The van der Waals surface area contributed by atoms with E-state index in [0.29, 0.717) is 10.9 Å². The normalized spacial score (nSPS) is 11.6. The largest absolute Gasteiger partial charge is 0.260 e. The Bertz CT molecular complexity index is 828. The third-order valence-electron chi connectivity index (χ3n) is 3.16. The van der Waals surface area contributed by atoms with Gasteiger partial charge in [0.1, 0.15) is 5.69 Å². The highest BCUT2D eigenvalue weighted by Gasteiger charge is 2.03. The fraction of sp³-hybridized carbons (Fsp3) is 0. The number of rotatable bonds is 4. The molecule has 0 spiro atoms. The first-order valence-corrected chi connectivity index (χ1v) is 7.79. The van der Waals surface area contributed by atoms with Crippen molar-refractivity contribution in [2.45, 2.75) is 0 Å². The van der Waals surface area contributed by atoms with Crippen molar-refractivity contribution in [1.29, 1.82) is 0 Å². The highest BCUT2D eigenvalue weighted by molar-refractivity contribution is 6.30. The summed E-state index contributed by atoms with van der Waals surface area (Å²) in [7, 11) is 0. The van der Waals surface area contributed by atoms with Gasteiger partial charge in [-0.05, 0) is 42.0 Å². The second-order valence-electron chi connectivity index (χ2n) is 4.93. The molecular formula is C19H15ClN4. The van der Waals surface area contributed by atoms with Gasteiger partial charge in [0, 0.05) is 11.2 Å². The molecule has 0 saturated carbocycles. The first-order valence-electron chi connectivity index (χ1n) is 7.41. The van der Waals surface area contributed by atoms with Crippen LogP contribution in [0.5, 0.6) is 0 Å². The maximum atomic E-state index is 5.88. The number of hydrogen-bond donors (Lipinski definition) is 1. The van der Waals surface area contributed by atoms with Gasteiger partial charge in [0.05, 0.1) is 11.9 Å². The van der Waals surface area contributed by atoms with Crippen LogP contribution in [0.3, 0.4) is 0 Å². The van der Waals surface area contributed by atoms with Gasteiger partial charge < -0.3 is 0 Å². The Balaban J connectivity index is 1.83. The lowest BCUT2D eigenvalue weighted by Gasteiger charge is -2.05. The molecule has 0 unspecified atom stereocenters. The minimum atomic E-state index is 0.576. The Morgan fingerprint density at radius 3 is 2.38 bits per heavy atom. The highest BCUT2D eigenvalue weighted by atomic mass is 35.5. The van der Waals surface area contributed by atoms with E-state index in [1.165, 1.54) is 0 Å². The van der Waals surface area contributed by atoms with Crippen LogP contribution in [0.4, 0.5) is 5.69 Å². The summed E-state index contributed by atoms with van der Waals surface area (Å²) >= 11 is 5.88. The van der Waals surface area contributed by atoms with Crippen LogP contribution < -0.4 is 5.43 Å². The van der Waals surface area contributed by atoms with Crippen molar-refractivity contribution in [3.63, 3.8) is 0 Å². The van der Waals surface area contributed by atoms with Crippen molar-refractivity contribution in [1.82, 2.24) is 10.4 Å². The molecule has 0 aliphatic rings. The summed E-state index contributed by atoms with van der Waals surface area (Å²) in [5.41, 5.74) is 5.45. The summed E-state index contributed by atoms with van der Waals surface area (Å²) in [4.78, 5) is 8.91. The molecule has 0 radical (unpaired) electrons. The van der Waals surface area contributed by atoms with Crippen LogP contribution in [0, 0.1) is 0 Å². The van der Waals surface area contributed by atoms with E-state index in [1.807, 2.05) is 72.8 Å².